The van der Waals surface area contributed by atoms with Crippen LogP contribution in [-0.4, -0.2) is 12.3 Å². The molecule has 0 aliphatic heterocycles. The third-order valence-electron chi connectivity index (χ3n) is 4.30. The van der Waals surface area contributed by atoms with Gasteiger partial charge in [-0.2, -0.15) is 0 Å². The predicted octanol–water partition coefficient (Wildman–Crippen LogP) is 3.54. The number of nitrogens with zero attached hydrogens (tertiary/aromatic N) is 1. The fraction of sp³-hybridized carbons (Fsp3) is 0.923. The predicted molar refractivity (Wildman–Crippen MR) is 61.8 cm³/mol. The van der Waals surface area contributed by atoms with Gasteiger partial charge in [0.05, 0.1) is 0 Å². The molecule has 0 aromatic rings. The largest absolute Gasteiger partial charge is 0.294 e. The second-order valence-corrected chi connectivity index (χ2v) is 5.57. The van der Waals surface area contributed by atoms with Gasteiger partial charge in [0, 0.05) is 12.3 Å². The van der Waals surface area contributed by atoms with Crippen molar-refractivity contribution < 1.29 is 0 Å². The lowest BCUT2D eigenvalue weighted by Crippen LogP contribution is -2.15. The molecule has 2 saturated carbocycles. The first-order valence-electron chi connectivity index (χ1n) is 6.17. The number of hydrogen-bond acceptors (Lipinski definition) is 1. The molecule has 0 amide bonds. The molecule has 80 valence electrons. The fourth-order valence-electron chi connectivity index (χ4n) is 3.04. The molecule has 3 unspecified atom stereocenters. The summed E-state index contributed by atoms with van der Waals surface area (Å²) in [6, 6.07) is 0. The minimum absolute atomic E-state index is 0.633. The van der Waals surface area contributed by atoms with E-state index in [2.05, 4.69) is 20.8 Å². The van der Waals surface area contributed by atoms with Crippen molar-refractivity contribution in [2.24, 2.45) is 28.7 Å². The molecule has 1 heteroatoms. The minimum Gasteiger partial charge on any atom is -0.294 e. The zero-order chi connectivity index (χ0) is 10.1. The van der Waals surface area contributed by atoms with Gasteiger partial charge in [0.1, 0.15) is 0 Å². The summed E-state index contributed by atoms with van der Waals surface area (Å²) in [5.41, 5.74) is 1.34. The Labute approximate surface area is 88.0 Å². The SMILES string of the molecule is CC(=NCC1CC2CCC1C2)C(C)C. The molecule has 0 radical (unpaired) electrons. The van der Waals surface area contributed by atoms with E-state index in [0.717, 1.165) is 24.3 Å². The number of fused-ring (bicyclic) bond motifs is 2. The smallest absolute Gasteiger partial charge is 0.0419 e. The second-order valence-electron chi connectivity index (χ2n) is 5.57. The highest BCUT2D eigenvalue weighted by Crippen LogP contribution is 2.48. The Balaban J connectivity index is 1.84. The van der Waals surface area contributed by atoms with Crippen LogP contribution in [0.15, 0.2) is 4.99 Å². The Morgan fingerprint density at radius 2 is 2.07 bits per heavy atom. The summed E-state index contributed by atoms with van der Waals surface area (Å²) < 4.78 is 0. The Bertz CT molecular complexity index is 229. The van der Waals surface area contributed by atoms with Gasteiger partial charge in [0.15, 0.2) is 0 Å². The molecule has 0 aromatic heterocycles. The van der Waals surface area contributed by atoms with Gasteiger partial charge in [0.25, 0.3) is 0 Å². The van der Waals surface area contributed by atoms with E-state index in [1.165, 1.54) is 31.4 Å². The molecule has 0 heterocycles. The monoisotopic (exact) mass is 193 g/mol. The molecule has 2 fully saturated rings. The molecule has 0 N–H and O–H groups in total. The average molecular weight is 193 g/mol. The van der Waals surface area contributed by atoms with Crippen LogP contribution in [-0.2, 0) is 0 Å². The number of aliphatic imine (C=N–C) groups is 1. The molecule has 2 bridgehead atoms. The van der Waals surface area contributed by atoms with Crippen molar-refractivity contribution in [2.75, 3.05) is 6.54 Å². The molecule has 0 saturated heterocycles. The molecule has 2 rings (SSSR count). The Kier molecular flexibility index (Phi) is 2.94. The van der Waals surface area contributed by atoms with Crippen LogP contribution in [0.2, 0.25) is 0 Å². The van der Waals surface area contributed by atoms with Gasteiger partial charge < -0.3 is 0 Å². The first-order chi connectivity index (χ1) is 6.66. The first kappa shape index (κ1) is 10.2. The van der Waals surface area contributed by atoms with Crippen molar-refractivity contribution in [1.82, 2.24) is 0 Å². The molecule has 14 heavy (non-hydrogen) atoms. The lowest BCUT2D eigenvalue weighted by Gasteiger charge is -2.20. The van der Waals surface area contributed by atoms with E-state index >= 15 is 0 Å². The topological polar surface area (TPSA) is 12.4 Å². The summed E-state index contributed by atoms with van der Waals surface area (Å²) in [7, 11) is 0. The maximum atomic E-state index is 4.74. The van der Waals surface area contributed by atoms with Crippen molar-refractivity contribution in [3.05, 3.63) is 0 Å². The van der Waals surface area contributed by atoms with Gasteiger partial charge in [-0.05, 0) is 49.9 Å². The van der Waals surface area contributed by atoms with Crippen LogP contribution in [0.1, 0.15) is 46.5 Å². The van der Waals surface area contributed by atoms with Crippen LogP contribution in [0, 0.1) is 23.7 Å². The molecule has 1 nitrogen and oxygen atoms in total. The van der Waals surface area contributed by atoms with Crippen molar-refractivity contribution >= 4 is 5.71 Å². The van der Waals surface area contributed by atoms with Crippen molar-refractivity contribution in [1.29, 1.82) is 0 Å². The molecule has 2 aliphatic rings. The van der Waals surface area contributed by atoms with Gasteiger partial charge in [-0.25, -0.2) is 0 Å². The average Bonchev–Trinajstić information content (AvgIpc) is 2.74. The van der Waals surface area contributed by atoms with Crippen molar-refractivity contribution in [3.8, 4) is 0 Å². The molecule has 0 spiro atoms. The summed E-state index contributed by atoms with van der Waals surface area (Å²) in [5, 5.41) is 0. The third-order valence-corrected chi connectivity index (χ3v) is 4.30. The van der Waals surface area contributed by atoms with E-state index in [1.54, 1.807) is 0 Å². The van der Waals surface area contributed by atoms with E-state index in [9.17, 15) is 0 Å². The molecule has 2 aliphatic carbocycles. The molecular formula is C13H23N. The highest BCUT2D eigenvalue weighted by Gasteiger charge is 2.38. The van der Waals surface area contributed by atoms with Gasteiger partial charge >= 0.3 is 0 Å². The summed E-state index contributed by atoms with van der Waals surface area (Å²) in [4.78, 5) is 4.74. The number of rotatable bonds is 3. The van der Waals surface area contributed by atoms with E-state index < -0.39 is 0 Å². The zero-order valence-corrected chi connectivity index (χ0v) is 9.79. The van der Waals surface area contributed by atoms with E-state index in [-0.39, 0.29) is 0 Å². The van der Waals surface area contributed by atoms with Gasteiger partial charge in [-0.3, -0.25) is 4.99 Å². The van der Waals surface area contributed by atoms with E-state index in [0.29, 0.717) is 5.92 Å². The van der Waals surface area contributed by atoms with Gasteiger partial charge in [-0.1, -0.05) is 20.3 Å². The fourth-order valence-corrected chi connectivity index (χ4v) is 3.04. The summed E-state index contributed by atoms with van der Waals surface area (Å²) in [6.45, 7) is 7.77. The van der Waals surface area contributed by atoms with Crippen LogP contribution >= 0.6 is 0 Å². The third kappa shape index (κ3) is 2.02. The summed E-state index contributed by atoms with van der Waals surface area (Å²) in [6.07, 6.45) is 5.99. The molecule has 0 aromatic carbocycles. The maximum Gasteiger partial charge on any atom is 0.0419 e. The van der Waals surface area contributed by atoms with Crippen LogP contribution in [0.5, 0.6) is 0 Å². The van der Waals surface area contributed by atoms with Crippen LogP contribution in [0.25, 0.3) is 0 Å². The standard InChI is InChI=1S/C13H23N/c1-9(2)10(3)14-8-13-7-11-4-5-12(13)6-11/h9,11-13H,4-8H2,1-3H3. The molecule has 3 atom stereocenters. The highest BCUT2D eigenvalue weighted by atomic mass is 14.8. The second kappa shape index (κ2) is 4.04. The van der Waals surface area contributed by atoms with Crippen LogP contribution < -0.4 is 0 Å². The Morgan fingerprint density at radius 1 is 1.29 bits per heavy atom. The van der Waals surface area contributed by atoms with Crippen LogP contribution in [0.4, 0.5) is 0 Å². The van der Waals surface area contributed by atoms with E-state index in [1.807, 2.05) is 0 Å². The van der Waals surface area contributed by atoms with Crippen LogP contribution in [0.3, 0.4) is 0 Å². The number of hydrogen-bond donors (Lipinski definition) is 0. The molecular weight excluding hydrogens is 170 g/mol. The zero-order valence-electron chi connectivity index (χ0n) is 9.79. The normalized spacial score (nSPS) is 37.1. The van der Waals surface area contributed by atoms with Gasteiger partial charge in [0.2, 0.25) is 0 Å². The van der Waals surface area contributed by atoms with Crippen molar-refractivity contribution in [2.45, 2.75) is 46.5 Å². The lowest BCUT2D eigenvalue weighted by molar-refractivity contribution is 0.341. The Morgan fingerprint density at radius 3 is 2.57 bits per heavy atom. The minimum atomic E-state index is 0.633. The maximum absolute atomic E-state index is 4.74. The summed E-state index contributed by atoms with van der Waals surface area (Å²) >= 11 is 0. The quantitative estimate of drug-likeness (QED) is 0.608. The van der Waals surface area contributed by atoms with Crippen molar-refractivity contribution in [3.63, 3.8) is 0 Å². The van der Waals surface area contributed by atoms with Gasteiger partial charge in [-0.15, -0.1) is 0 Å². The highest BCUT2D eigenvalue weighted by molar-refractivity contribution is 5.83. The summed E-state index contributed by atoms with van der Waals surface area (Å²) in [5.74, 6) is 3.67. The Hall–Kier alpha value is -0.330. The lowest BCUT2D eigenvalue weighted by atomic mass is 9.89. The first-order valence-corrected chi connectivity index (χ1v) is 6.17. The van der Waals surface area contributed by atoms with E-state index in [4.69, 9.17) is 4.99 Å².